The molecule has 3 nitrogen and oxygen atoms in total. The van der Waals surface area contributed by atoms with Crippen molar-refractivity contribution < 1.29 is 9.59 Å². The Labute approximate surface area is 171 Å². The van der Waals surface area contributed by atoms with Gasteiger partial charge < -0.3 is 0 Å². The number of imide groups is 1. The first-order valence-electron chi connectivity index (χ1n) is 10.1. The molecule has 2 aromatic rings. The highest BCUT2D eigenvalue weighted by Crippen LogP contribution is 2.39. The Kier molecular flexibility index (Phi) is 7.49. The monoisotopic (exact) mass is 393 g/mol. The average molecular weight is 394 g/mol. The van der Waals surface area contributed by atoms with E-state index in [9.17, 15) is 9.59 Å². The van der Waals surface area contributed by atoms with E-state index in [2.05, 4.69) is 6.92 Å². The van der Waals surface area contributed by atoms with Crippen molar-refractivity contribution >= 4 is 29.1 Å². The highest BCUT2D eigenvalue weighted by molar-refractivity contribution is 8.04. The second-order valence-electron chi connectivity index (χ2n) is 7.01. The lowest BCUT2D eigenvalue weighted by Gasteiger charge is -2.15. The van der Waals surface area contributed by atoms with E-state index < -0.39 is 0 Å². The minimum Gasteiger partial charge on any atom is -0.274 e. The first-order chi connectivity index (χ1) is 13.7. The Morgan fingerprint density at radius 2 is 1.36 bits per heavy atom. The SMILES string of the molecule is CCCCCCCCN1C(=O)C(Sc2ccccc2)=C(c2ccccc2)C1=O. The number of nitrogens with zero attached hydrogens (tertiary/aromatic N) is 1. The van der Waals surface area contributed by atoms with Crippen LogP contribution in [-0.4, -0.2) is 23.3 Å². The molecule has 0 fully saturated rings. The van der Waals surface area contributed by atoms with Crippen LogP contribution in [-0.2, 0) is 9.59 Å². The molecule has 0 aromatic heterocycles. The Bertz CT molecular complexity index is 830. The Morgan fingerprint density at radius 3 is 2.04 bits per heavy atom. The van der Waals surface area contributed by atoms with Gasteiger partial charge in [-0.1, -0.05) is 99.3 Å². The summed E-state index contributed by atoms with van der Waals surface area (Å²) in [6.45, 7) is 2.70. The lowest BCUT2D eigenvalue weighted by atomic mass is 10.1. The first kappa shape index (κ1) is 20.4. The van der Waals surface area contributed by atoms with Gasteiger partial charge in [0.1, 0.15) is 0 Å². The molecule has 3 rings (SSSR count). The molecule has 146 valence electrons. The van der Waals surface area contributed by atoms with Gasteiger partial charge in [-0.25, -0.2) is 0 Å². The summed E-state index contributed by atoms with van der Waals surface area (Å²) < 4.78 is 0. The zero-order valence-electron chi connectivity index (χ0n) is 16.4. The number of carbonyl (C=O) groups is 2. The molecule has 28 heavy (non-hydrogen) atoms. The third-order valence-electron chi connectivity index (χ3n) is 4.89. The summed E-state index contributed by atoms with van der Waals surface area (Å²) in [6, 6.07) is 19.3. The predicted molar refractivity (Wildman–Crippen MR) is 116 cm³/mol. The highest BCUT2D eigenvalue weighted by Gasteiger charge is 2.38. The van der Waals surface area contributed by atoms with E-state index in [4.69, 9.17) is 0 Å². The predicted octanol–water partition coefficient (Wildman–Crippen LogP) is 5.92. The number of carbonyl (C=O) groups excluding carboxylic acids is 2. The van der Waals surface area contributed by atoms with Gasteiger partial charge in [-0.15, -0.1) is 0 Å². The van der Waals surface area contributed by atoms with Gasteiger partial charge in [0.25, 0.3) is 11.8 Å². The molecule has 1 aliphatic rings. The zero-order valence-corrected chi connectivity index (χ0v) is 17.2. The number of hydrogen-bond acceptors (Lipinski definition) is 3. The third kappa shape index (κ3) is 4.93. The zero-order chi connectivity index (χ0) is 19.8. The minimum atomic E-state index is -0.164. The lowest BCUT2D eigenvalue weighted by molar-refractivity contribution is -0.136. The highest BCUT2D eigenvalue weighted by atomic mass is 32.2. The molecule has 0 spiro atoms. The molecule has 1 aliphatic heterocycles. The fraction of sp³-hybridized carbons (Fsp3) is 0.333. The summed E-state index contributed by atoms with van der Waals surface area (Å²) in [7, 11) is 0. The molecule has 2 amide bonds. The van der Waals surface area contributed by atoms with Crippen LogP contribution in [0.2, 0.25) is 0 Å². The Hall–Kier alpha value is -2.33. The molecule has 4 heteroatoms. The van der Waals surface area contributed by atoms with Crippen LogP contribution in [0, 0.1) is 0 Å². The number of rotatable bonds is 10. The molecule has 0 atom stereocenters. The molecule has 0 saturated heterocycles. The Morgan fingerprint density at radius 1 is 0.750 bits per heavy atom. The minimum absolute atomic E-state index is 0.161. The molecule has 0 saturated carbocycles. The number of amides is 2. The molecule has 0 radical (unpaired) electrons. The van der Waals surface area contributed by atoms with Gasteiger partial charge >= 0.3 is 0 Å². The maximum atomic E-state index is 13.1. The van der Waals surface area contributed by atoms with E-state index in [0.717, 1.165) is 29.7 Å². The van der Waals surface area contributed by atoms with Crippen LogP contribution in [0.4, 0.5) is 0 Å². The number of unbranched alkanes of at least 4 members (excludes halogenated alkanes) is 5. The second kappa shape index (κ2) is 10.3. The number of benzene rings is 2. The van der Waals surface area contributed by atoms with Crippen molar-refractivity contribution in [1.82, 2.24) is 4.90 Å². The smallest absolute Gasteiger partial charge is 0.268 e. The number of thioether (sulfide) groups is 1. The standard InChI is InChI=1S/C24H27NO2S/c1-2-3-4-5-6-13-18-25-23(26)21(19-14-9-7-10-15-19)22(24(25)27)28-20-16-11-8-12-17-20/h7-12,14-17H,2-6,13,18H2,1H3. The summed E-state index contributed by atoms with van der Waals surface area (Å²) >= 11 is 1.39. The fourth-order valence-electron chi connectivity index (χ4n) is 3.37. The van der Waals surface area contributed by atoms with Gasteiger partial charge in [0.05, 0.1) is 10.5 Å². The first-order valence-corrected chi connectivity index (χ1v) is 10.9. The van der Waals surface area contributed by atoms with Gasteiger partial charge in [0.2, 0.25) is 0 Å². The summed E-state index contributed by atoms with van der Waals surface area (Å²) in [5.41, 5.74) is 1.34. The molecule has 2 aromatic carbocycles. The van der Waals surface area contributed by atoms with E-state index in [1.165, 1.54) is 35.9 Å². The van der Waals surface area contributed by atoms with E-state index in [1.54, 1.807) is 0 Å². The second-order valence-corrected chi connectivity index (χ2v) is 8.10. The van der Waals surface area contributed by atoms with Crippen LogP contribution in [0.15, 0.2) is 70.5 Å². The van der Waals surface area contributed by atoms with Gasteiger partial charge in [0, 0.05) is 11.4 Å². The molecule has 0 unspecified atom stereocenters. The van der Waals surface area contributed by atoms with Gasteiger partial charge in [-0.05, 0) is 24.1 Å². The van der Waals surface area contributed by atoms with Crippen molar-refractivity contribution in [3.8, 4) is 0 Å². The van der Waals surface area contributed by atoms with Gasteiger partial charge in [-0.3, -0.25) is 14.5 Å². The summed E-state index contributed by atoms with van der Waals surface area (Å²) in [5.74, 6) is -0.325. The van der Waals surface area contributed by atoms with Crippen molar-refractivity contribution in [2.24, 2.45) is 0 Å². The molecule has 1 heterocycles. The van der Waals surface area contributed by atoms with Crippen LogP contribution < -0.4 is 0 Å². The van der Waals surface area contributed by atoms with Crippen LogP contribution in [0.5, 0.6) is 0 Å². The normalized spacial score (nSPS) is 14.2. The van der Waals surface area contributed by atoms with Crippen LogP contribution in [0.25, 0.3) is 5.57 Å². The van der Waals surface area contributed by atoms with E-state index in [-0.39, 0.29) is 11.8 Å². The van der Waals surface area contributed by atoms with Crippen molar-refractivity contribution in [1.29, 1.82) is 0 Å². The molecule has 0 N–H and O–H groups in total. The van der Waals surface area contributed by atoms with Gasteiger partial charge in [0.15, 0.2) is 0 Å². The molecular weight excluding hydrogens is 366 g/mol. The van der Waals surface area contributed by atoms with Gasteiger partial charge in [-0.2, -0.15) is 0 Å². The van der Waals surface area contributed by atoms with Crippen LogP contribution in [0.1, 0.15) is 51.0 Å². The van der Waals surface area contributed by atoms with Crippen molar-refractivity contribution in [3.63, 3.8) is 0 Å². The maximum Gasteiger partial charge on any atom is 0.268 e. The van der Waals surface area contributed by atoms with Crippen molar-refractivity contribution in [2.75, 3.05) is 6.54 Å². The summed E-state index contributed by atoms with van der Waals surface area (Å²) in [5, 5.41) is 0. The Balaban J connectivity index is 1.77. The number of hydrogen-bond donors (Lipinski definition) is 0. The molecule has 0 bridgehead atoms. The summed E-state index contributed by atoms with van der Waals surface area (Å²) in [4.78, 5) is 29.2. The molecular formula is C24H27NO2S. The van der Waals surface area contributed by atoms with Crippen molar-refractivity contribution in [3.05, 3.63) is 71.1 Å². The lowest BCUT2D eigenvalue weighted by Crippen LogP contribution is -2.32. The fourth-order valence-corrected chi connectivity index (χ4v) is 4.40. The largest absolute Gasteiger partial charge is 0.274 e. The van der Waals surface area contributed by atoms with E-state index >= 15 is 0 Å². The molecule has 0 aliphatic carbocycles. The maximum absolute atomic E-state index is 13.1. The quantitative estimate of drug-likeness (QED) is 0.371. The van der Waals surface area contributed by atoms with Crippen LogP contribution >= 0.6 is 11.8 Å². The van der Waals surface area contributed by atoms with Crippen LogP contribution in [0.3, 0.4) is 0 Å². The third-order valence-corrected chi connectivity index (χ3v) is 5.98. The van der Waals surface area contributed by atoms with Crippen molar-refractivity contribution in [2.45, 2.75) is 50.3 Å². The van der Waals surface area contributed by atoms with E-state index in [0.29, 0.717) is 17.0 Å². The topological polar surface area (TPSA) is 37.4 Å². The van der Waals surface area contributed by atoms with E-state index in [1.807, 2.05) is 60.7 Å². The summed E-state index contributed by atoms with van der Waals surface area (Å²) in [6.07, 6.45) is 6.77. The average Bonchev–Trinajstić information content (AvgIpc) is 2.96.